The number of benzene rings is 3. The van der Waals surface area contributed by atoms with Crippen molar-refractivity contribution >= 4 is 23.7 Å². The summed E-state index contributed by atoms with van der Waals surface area (Å²) in [5, 5.41) is 11.5. The number of alkyl carbamates (subject to hydrolysis) is 1. The molecule has 7 heteroatoms. The second kappa shape index (κ2) is 8.78. The molecule has 1 amide bonds. The second-order valence-corrected chi connectivity index (χ2v) is 7.67. The minimum atomic E-state index is -1.19. The standard InChI is InChI=1S/C24H19ClFNO4/c25-20-11-5-10-18(23(20)26)21(12-22(28)29)27-24(30)31-13-19-16-8-3-1-6-14(16)15-7-2-4-9-17(15)19/h1-11,19,21H,12-13H2,(H,27,30)(H,28,29)/t21-/m1/s1. The predicted molar refractivity (Wildman–Crippen MR) is 115 cm³/mol. The Morgan fingerprint density at radius 1 is 1.00 bits per heavy atom. The van der Waals surface area contributed by atoms with Crippen LogP contribution in [0.15, 0.2) is 66.7 Å². The minimum absolute atomic E-state index is 0.0107. The Morgan fingerprint density at radius 2 is 1.61 bits per heavy atom. The van der Waals surface area contributed by atoms with Crippen LogP contribution in [0, 0.1) is 5.82 Å². The van der Waals surface area contributed by atoms with E-state index in [2.05, 4.69) is 5.32 Å². The Balaban J connectivity index is 1.50. The van der Waals surface area contributed by atoms with Crippen LogP contribution in [0.25, 0.3) is 11.1 Å². The molecule has 0 saturated heterocycles. The lowest BCUT2D eigenvalue weighted by Crippen LogP contribution is -2.32. The molecule has 2 N–H and O–H groups in total. The Hall–Kier alpha value is -3.38. The van der Waals surface area contributed by atoms with Gasteiger partial charge >= 0.3 is 12.1 Å². The molecule has 1 aliphatic rings. The predicted octanol–water partition coefficient (Wildman–Crippen LogP) is 5.53. The SMILES string of the molecule is O=C(O)C[C@@H](NC(=O)OCC1c2ccccc2-c2ccccc21)c1cccc(Cl)c1F. The lowest BCUT2D eigenvalue weighted by molar-refractivity contribution is -0.137. The van der Waals surface area contributed by atoms with E-state index >= 15 is 0 Å². The number of halogens is 2. The summed E-state index contributed by atoms with van der Waals surface area (Å²) in [7, 11) is 0. The topological polar surface area (TPSA) is 75.6 Å². The number of hydrogen-bond acceptors (Lipinski definition) is 3. The summed E-state index contributed by atoms with van der Waals surface area (Å²) < 4.78 is 19.8. The smallest absolute Gasteiger partial charge is 0.407 e. The van der Waals surface area contributed by atoms with Crippen LogP contribution in [0.2, 0.25) is 5.02 Å². The van der Waals surface area contributed by atoms with Crippen LogP contribution < -0.4 is 5.32 Å². The summed E-state index contributed by atoms with van der Waals surface area (Å²) in [5.74, 6) is -2.10. The molecule has 31 heavy (non-hydrogen) atoms. The summed E-state index contributed by atoms with van der Waals surface area (Å²) in [6.07, 6.45) is -1.34. The van der Waals surface area contributed by atoms with E-state index in [1.807, 2.05) is 48.5 Å². The fourth-order valence-corrected chi connectivity index (χ4v) is 4.17. The maximum absolute atomic E-state index is 14.4. The number of nitrogens with one attached hydrogen (secondary N) is 1. The van der Waals surface area contributed by atoms with E-state index in [4.69, 9.17) is 16.3 Å². The van der Waals surface area contributed by atoms with Gasteiger partial charge in [0.1, 0.15) is 12.4 Å². The summed E-state index contributed by atoms with van der Waals surface area (Å²) in [6.45, 7) is 0.0671. The maximum atomic E-state index is 14.4. The number of carbonyl (C=O) groups is 2. The molecule has 1 atom stereocenters. The van der Waals surface area contributed by atoms with E-state index < -0.39 is 30.3 Å². The van der Waals surface area contributed by atoms with E-state index in [1.54, 1.807) is 0 Å². The highest BCUT2D eigenvalue weighted by Crippen LogP contribution is 2.44. The normalized spacial score (nSPS) is 13.2. The Kier molecular flexibility index (Phi) is 5.91. The average molecular weight is 440 g/mol. The number of carbonyl (C=O) groups excluding carboxylic acids is 1. The van der Waals surface area contributed by atoms with Crippen LogP contribution in [0.1, 0.15) is 35.1 Å². The van der Waals surface area contributed by atoms with Gasteiger partial charge in [0.25, 0.3) is 0 Å². The van der Waals surface area contributed by atoms with Crippen molar-refractivity contribution in [3.8, 4) is 11.1 Å². The van der Waals surface area contributed by atoms with E-state index in [0.29, 0.717) is 0 Å². The molecule has 4 rings (SSSR count). The number of fused-ring (bicyclic) bond motifs is 3. The number of amides is 1. The lowest BCUT2D eigenvalue weighted by Gasteiger charge is -2.20. The van der Waals surface area contributed by atoms with E-state index in [9.17, 15) is 19.1 Å². The molecule has 0 heterocycles. The van der Waals surface area contributed by atoms with E-state index in [0.717, 1.165) is 22.3 Å². The number of ether oxygens (including phenoxy) is 1. The number of hydrogen-bond donors (Lipinski definition) is 2. The van der Waals surface area contributed by atoms with Gasteiger partial charge in [-0.1, -0.05) is 72.3 Å². The van der Waals surface area contributed by atoms with Gasteiger partial charge in [0.05, 0.1) is 17.5 Å². The third kappa shape index (κ3) is 4.25. The first kappa shape index (κ1) is 20.9. The van der Waals surface area contributed by atoms with Crippen LogP contribution in [-0.4, -0.2) is 23.8 Å². The second-order valence-electron chi connectivity index (χ2n) is 7.26. The van der Waals surface area contributed by atoms with E-state index in [1.165, 1.54) is 18.2 Å². The van der Waals surface area contributed by atoms with Crippen molar-refractivity contribution in [2.24, 2.45) is 0 Å². The van der Waals surface area contributed by atoms with Crippen LogP contribution >= 0.6 is 11.6 Å². The van der Waals surface area contributed by atoms with Gasteiger partial charge in [0.2, 0.25) is 0 Å². The fraction of sp³-hybridized carbons (Fsp3) is 0.167. The van der Waals surface area contributed by atoms with Crippen LogP contribution in [-0.2, 0) is 9.53 Å². The molecule has 0 spiro atoms. The number of aliphatic carboxylic acids is 1. The first-order valence-corrected chi connectivity index (χ1v) is 10.1. The molecule has 0 aliphatic heterocycles. The van der Waals surface area contributed by atoms with Crippen molar-refractivity contribution < 1.29 is 23.8 Å². The molecular formula is C24H19ClFNO4. The van der Waals surface area contributed by atoms with Crippen molar-refractivity contribution in [1.82, 2.24) is 5.32 Å². The molecule has 0 saturated carbocycles. The Bertz CT molecular complexity index is 1100. The molecule has 1 aliphatic carbocycles. The van der Waals surface area contributed by atoms with Gasteiger partial charge in [0, 0.05) is 11.5 Å². The zero-order valence-electron chi connectivity index (χ0n) is 16.3. The maximum Gasteiger partial charge on any atom is 0.407 e. The highest BCUT2D eigenvalue weighted by atomic mass is 35.5. The van der Waals surface area contributed by atoms with Gasteiger partial charge in [0.15, 0.2) is 0 Å². The molecule has 0 bridgehead atoms. The molecule has 3 aromatic carbocycles. The summed E-state index contributed by atoms with van der Waals surface area (Å²) in [6, 6.07) is 18.9. The van der Waals surface area contributed by atoms with Gasteiger partial charge < -0.3 is 15.2 Å². The molecule has 5 nitrogen and oxygen atoms in total. The monoisotopic (exact) mass is 439 g/mol. The summed E-state index contributed by atoms with van der Waals surface area (Å²) in [4.78, 5) is 23.8. The molecule has 3 aromatic rings. The van der Waals surface area contributed by atoms with Crippen LogP contribution in [0.3, 0.4) is 0 Å². The largest absolute Gasteiger partial charge is 0.481 e. The minimum Gasteiger partial charge on any atom is -0.481 e. The van der Waals surface area contributed by atoms with Crippen molar-refractivity contribution in [1.29, 1.82) is 0 Å². The molecule has 0 fully saturated rings. The zero-order valence-corrected chi connectivity index (χ0v) is 17.1. The summed E-state index contributed by atoms with van der Waals surface area (Å²) >= 11 is 5.81. The highest BCUT2D eigenvalue weighted by Gasteiger charge is 2.30. The highest BCUT2D eigenvalue weighted by molar-refractivity contribution is 6.30. The van der Waals surface area contributed by atoms with Crippen molar-refractivity contribution in [2.75, 3.05) is 6.61 Å². The van der Waals surface area contributed by atoms with Gasteiger partial charge in [-0.3, -0.25) is 4.79 Å². The van der Waals surface area contributed by atoms with Crippen molar-refractivity contribution in [3.05, 3.63) is 94.3 Å². The van der Waals surface area contributed by atoms with Crippen LogP contribution in [0.4, 0.5) is 9.18 Å². The lowest BCUT2D eigenvalue weighted by atomic mass is 9.98. The summed E-state index contributed by atoms with van der Waals surface area (Å²) in [5.41, 5.74) is 4.29. The average Bonchev–Trinajstić information content (AvgIpc) is 3.07. The third-order valence-corrected chi connectivity index (χ3v) is 5.66. The van der Waals surface area contributed by atoms with Gasteiger partial charge in [-0.25, -0.2) is 9.18 Å². The molecule has 0 aromatic heterocycles. The fourth-order valence-electron chi connectivity index (χ4n) is 3.99. The Morgan fingerprint density at radius 3 is 2.23 bits per heavy atom. The molecule has 0 radical (unpaired) electrons. The van der Waals surface area contributed by atoms with Gasteiger partial charge in [-0.2, -0.15) is 0 Å². The first-order chi connectivity index (χ1) is 15.0. The quantitative estimate of drug-likeness (QED) is 0.529. The van der Waals surface area contributed by atoms with Gasteiger partial charge in [-0.15, -0.1) is 0 Å². The Labute approximate surface area is 183 Å². The number of rotatable bonds is 6. The number of carboxylic acid groups (broad SMARTS) is 1. The molecular weight excluding hydrogens is 421 g/mol. The molecule has 0 unspecified atom stereocenters. The van der Waals surface area contributed by atoms with E-state index in [-0.39, 0.29) is 23.1 Å². The third-order valence-electron chi connectivity index (χ3n) is 5.37. The number of carboxylic acids is 1. The van der Waals surface area contributed by atoms with Gasteiger partial charge in [-0.05, 0) is 28.3 Å². The first-order valence-electron chi connectivity index (χ1n) is 9.73. The van der Waals surface area contributed by atoms with Crippen LogP contribution in [0.5, 0.6) is 0 Å². The van der Waals surface area contributed by atoms with Crippen molar-refractivity contribution in [3.63, 3.8) is 0 Å². The zero-order chi connectivity index (χ0) is 22.0. The van der Waals surface area contributed by atoms with Crippen molar-refractivity contribution in [2.45, 2.75) is 18.4 Å². The molecule has 158 valence electrons.